The summed E-state index contributed by atoms with van der Waals surface area (Å²) in [5.74, 6) is 1.74. The second-order valence-corrected chi connectivity index (χ2v) is 8.36. The molecule has 0 unspecified atom stereocenters. The third-order valence-electron chi connectivity index (χ3n) is 4.79. The first-order chi connectivity index (χ1) is 12.4. The van der Waals surface area contributed by atoms with Gasteiger partial charge in [-0.05, 0) is 51.2 Å². The van der Waals surface area contributed by atoms with E-state index in [4.69, 9.17) is 4.74 Å². The summed E-state index contributed by atoms with van der Waals surface area (Å²) in [5, 5.41) is 2.38. The number of nitrogens with zero attached hydrogens (tertiary/aromatic N) is 2. The van der Waals surface area contributed by atoms with Crippen LogP contribution in [0, 0.1) is 0 Å². The highest BCUT2D eigenvalue weighted by molar-refractivity contribution is 9.10. The molecule has 0 radical (unpaired) electrons. The maximum atomic E-state index is 5.54. The van der Waals surface area contributed by atoms with Gasteiger partial charge in [0.05, 0.1) is 22.6 Å². The SMILES string of the molecule is COc1cc2c(cc1Br)c1ccccc1n2-c1cc(C(C)(C)C)ccn1. The van der Waals surface area contributed by atoms with Crippen LogP contribution in [-0.4, -0.2) is 16.7 Å². The van der Waals surface area contributed by atoms with E-state index >= 15 is 0 Å². The monoisotopic (exact) mass is 408 g/mol. The Morgan fingerprint density at radius 1 is 0.962 bits per heavy atom. The molecular weight excluding hydrogens is 388 g/mol. The summed E-state index contributed by atoms with van der Waals surface area (Å²) in [6.07, 6.45) is 1.90. The molecule has 0 spiro atoms. The van der Waals surface area contributed by atoms with Crippen LogP contribution < -0.4 is 4.74 Å². The number of pyridine rings is 1. The van der Waals surface area contributed by atoms with Gasteiger partial charge in [-0.3, -0.25) is 4.57 Å². The number of rotatable bonds is 2. The van der Waals surface area contributed by atoms with E-state index in [9.17, 15) is 0 Å². The minimum Gasteiger partial charge on any atom is -0.495 e. The van der Waals surface area contributed by atoms with Crippen LogP contribution in [0.5, 0.6) is 5.75 Å². The fraction of sp³-hybridized carbons (Fsp3) is 0.227. The van der Waals surface area contributed by atoms with E-state index in [0.29, 0.717) is 0 Å². The van der Waals surface area contributed by atoms with Crippen molar-refractivity contribution in [2.24, 2.45) is 0 Å². The highest BCUT2D eigenvalue weighted by Gasteiger charge is 2.18. The topological polar surface area (TPSA) is 27.1 Å². The van der Waals surface area contributed by atoms with E-state index in [2.05, 4.69) is 94.8 Å². The molecule has 4 rings (SSSR count). The van der Waals surface area contributed by atoms with Crippen molar-refractivity contribution in [3.63, 3.8) is 0 Å². The molecule has 4 heteroatoms. The molecule has 2 aromatic carbocycles. The lowest BCUT2D eigenvalue weighted by atomic mass is 9.88. The van der Waals surface area contributed by atoms with Crippen molar-refractivity contribution in [3.05, 3.63) is 64.8 Å². The molecule has 2 heterocycles. The minimum atomic E-state index is 0.0666. The highest BCUT2D eigenvalue weighted by Crippen LogP contribution is 2.38. The van der Waals surface area contributed by atoms with E-state index in [-0.39, 0.29) is 5.41 Å². The molecule has 26 heavy (non-hydrogen) atoms. The van der Waals surface area contributed by atoms with E-state index in [1.54, 1.807) is 7.11 Å². The average Bonchev–Trinajstić information content (AvgIpc) is 2.94. The molecule has 0 atom stereocenters. The van der Waals surface area contributed by atoms with Gasteiger partial charge in [0.15, 0.2) is 0 Å². The number of hydrogen-bond donors (Lipinski definition) is 0. The molecule has 0 N–H and O–H groups in total. The van der Waals surface area contributed by atoms with Crippen LogP contribution in [0.15, 0.2) is 59.2 Å². The zero-order valence-electron chi connectivity index (χ0n) is 15.4. The van der Waals surface area contributed by atoms with Crippen LogP contribution in [0.3, 0.4) is 0 Å². The second-order valence-electron chi connectivity index (χ2n) is 7.51. The third-order valence-corrected chi connectivity index (χ3v) is 5.41. The van der Waals surface area contributed by atoms with Gasteiger partial charge >= 0.3 is 0 Å². The lowest BCUT2D eigenvalue weighted by Crippen LogP contribution is -2.12. The Morgan fingerprint density at radius 3 is 2.46 bits per heavy atom. The standard InChI is InChI=1S/C22H21BrN2O/c1-22(2,3)14-9-10-24-21(11-14)25-18-8-6-5-7-15(18)16-12-17(23)20(26-4)13-19(16)25/h5-13H,1-4H3. The van der Waals surface area contributed by atoms with E-state index < -0.39 is 0 Å². The van der Waals surface area contributed by atoms with Crippen LogP contribution in [0.4, 0.5) is 0 Å². The van der Waals surface area contributed by atoms with Gasteiger partial charge in [-0.2, -0.15) is 0 Å². The number of hydrogen-bond acceptors (Lipinski definition) is 2. The Labute approximate surface area is 161 Å². The molecule has 0 amide bonds. The van der Waals surface area contributed by atoms with Crippen LogP contribution >= 0.6 is 15.9 Å². The number of halogens is 1. The summed E-state index contributed by atoms with van der Waals surface area (Å²) in [5.41, 5.74) is 3.56. The van der Waals surface area contributed by atoms with Gasteiger partial charge in [0, 0.05) is 23.0 Å². The lowest BCUT2D eigenvalue weighted by Gasteiger charge is -2.20. The number of ether oxygens (including phenoxy) is 1. The Morgan fingerprint density at radius 2 is 1.73 bits per heavy atom. The van der Waals surface area contributed by atoms with Crippen LogP contribution in [0.25, 0.3) is 27.6 Å². The maximum Gasteiger partial charge on any atom is 0.137 e. The van der Waals surface area contributed by atoms with E-state index in [1.807, 2.05) is 6.20 Å². The van der Waals surface area contributed by atoms with Crippen molar-refractivity contribution in [3.8, 4) is 11.6 Å². The van der Waals surface area contributed by atoms with Gasteiger partial charge in [-0.25, -0.2) is 4.98 Å². The van der Waals surface area contributed by atoms with E-state index in [1.165, 1.54) is 16.3 Å². The fourth-order valence-electron chi connectivity index (χ4n) is 3.38. The van der Waals surface area contributed by atoms with Gasteiger partial charge in [0.1, 0.15) is 11.6 Å². The summed E-state index contributed by atoms with van der Waals surface area (Å²) in [6.45, 7) is 6.66. The second kappa shape index (κ2) is 6.13. The van der Waals surface area contributed by atoms with E-state index in [0.717, 1.165) is 27.1 Å². The van der Waals surface area contributed by atoms with Crippen LogP contribution in [0.1, 0.15) is 26.3 Å². The molecule has 0 saturated heterocycles. The summed E-state index contributed by atoms with van der Waals surface area (Å²) < 4.78 is 8.71. The molecule has 0 fully saturated rings. The average molecular weight is 409 g/mol. The summed E-state index contributed by atoms with van der Waals surface area (Å²) in [6, 6.07) is 16.9. The summed E-state index contributed by atoms with van der Waals surface area (Å²) in [4.78, 5) is 4.68. The first kappa shape index (κ1) is 17.1. The Balaban J connectivity index is 2.11. The molecular formula is C22H21BrN2O. The largest absolute Gasteiger partial charge is 0.495 e. The molecule has 0 bridgehead atoms. The zero-order valence-corrected chi connectivity index (χ0v) is 17.0. The molecule has 0 saturated carbocycles. The minimum absolute atomic E-state index is 0.0666. The number of para-hydroxylation sites is 1. The predicted molar refractivity (Wildman–Crippen MR) is 112 cm³/mol. The Kier molecular flexibility index (Phi) is 4.03. The molecule has 0 aliphatic carbocycles. The molecule has 2 aromatic heterocycles. The summed E-state index contributed by atoms with van der Waals surface area (Å²) >= 11 is 3.62. The number of aromatic nitrogens is 2. The van der Waals surface area contributed by atoms with Gasteiger partial charge in [0.2, 0.25) is 0 Å². The van der Waals surface area contributed by atoms with Crippen molar-refractivity contribution in [2.75, 3.05) is 7.11 Å². The number of fused-ring (bicyclic) bond motifs is 3. The van der Waals surface area contributed by atoms with Gasteiger partial charge in [-0.15, -0.1) is 0 Å². The first-order valence-electron chi connectivity index (χ1n) is 8.64. The quantitative estimate of drug-likeness (QED) is 0.392. The first-order valence-corrected chi connectivity index (χ1v) is 9.43. The normalized spacial score (nSPS) is 12.0. The van der Waals surface area contributed by atoms with Crippen molar-refractivity contribution >= 4 is 37.7 Å². The van der Waals surface area contributed by atoms with Crippen LogP contribution in [-0.2, 0) is 5.41 Å². The molecule has 0 aliphatic rings. The highest BCUT2D eigenvalue weighted by atomic mass is 79.9. The molecule has 3 nitrogen and oxygen atoms in total. The summed E-state index contributed by atoms with van der Waals surface area (Å²) in [7, 11) is 1.69. The Hall–Kier alpha value is -2.33. The molecule has 132 valence electrons. The Bertz CT molecular complexity index is 1120. The van der Waals surface area contributed by atoms with Gasteiger partial charge in [0.25, 0.3) is 0 Å². The lowest BCUT2D eigenvalue weighted by molar-refractivity contribution is 0.412. The van der Waals surface area contributed by atoms with Crippen molar-refractivity contribution in [1.82, 2.24) is 9.55 Å². The number of methoxy groups -OCH3 is 1. The zero-order chi connectivity index (χ0) is 18.5. The van der Waals surface area contributed by atoms with Crippen molar-refractivity contribution in [1.29, 1.82) is 0 Å². The van der Waals surface area contributed by atoms with Crippen LogP contribution in [0.2, 0.25) is 0 Å². The third kappa shape index (κ3) is 2.69. The van der Waals surface area contributed by atoms with Gasteiger partial charge in [-0.1, -0.05) is 39.0 Å². The molecule has 4 aromatic rings. The van der Waals surface area contributed by atoms with Gasteiger partial charge < -0.3 is 4.74 Å². The predicted octanol–water partition coefficient (Wildman–Crippen LogP) is 6.25. The molecule has 0 aliphatic heterocycles. The van der Waals surface area contributed by atoms with Crippen molar-refractivity contribution in [2.45, 2.75) is 26.2 Å². The smallest absolute Gasteiger partial charge is 0.137 e. The van der Waals surface area contributed by atoms with Crippen molar-refractivity contribution < 1.29 is 4.74 Å². The number of benzene rings is 2. The fourth-order valence-corrected chi connectivity index (χ4v) is 3.89. The maximum absolute atomic E-state index is 5.54.